The minimum Gasteiger partial charge on any atom is -0.423 e. The highest BCUT2D eigenvalue weighted by atomic mass is 32.2. The van der Waals surface area contributed by atoms with Crippen LogP contribution in [0.2, 0.25) is 0 Å². The van der Waals surface area contributed by atoms with Gasteiger partial charge in [-0.3, -0.25) is 4.31 Å². The van der Waals surface area contributed by atoms with Crippen molar-refractivity contribution in [3.05, 3.63) is 70.6 Å². The first-order valence-electron chi connectivity index (χ1n) is 7.20. The second-order valence-corrected chi connectivity index (χ2v) is 7.27. The lowest BCUT2D eigenvalue weighted by Gasteiger charge is -2.19. The minimum absolute atomic E-state index is 0.190. The van der Waals surface area contributed by atoms with Gasteiger partial charge in [0, 0.05) is 18.0 Å². The molecule has 0 N–H and O–H groups in total. The Balaban J connectivity index is 1.83. The number of nitrogens with zero attached hydrogens (tertiary/aromatic N) is 1. The van der Waals surface area contributed by atoms with Crippen LogP contribution in [0.1, 0.15) is 5.56 Å². The molecule has 0 unspecified atom stereocenters. The first kappa shape index (κ1) is 14.0. The summed E-state index contributed by atoms with van der Waals surface area (Å²) in [6.45, 7) is 0.434. The highest BCUT2D eigenvalue weighted by molar-refractivity contribution is 7.92. The van der Waals surface area contributed by atoms with Gasteiger partial charge in [0.25, 0.3) is 10.0 Å². The van der Waals surface area contributed by atoms with Crippen LogP contribution in [-0.2, 0) is 16.4 Å². The Morgan fingerprint density at radius 2 is 1.83 bits per heavy atom. The summed E-state index contributed by atoms with van der Waals surface area (Å²) in [5.41, 5.74) is 1.68. The van der Waals surface area contributed by atoms with Crippen molar-refractivity contribution in [1.82, 2.24) is 0 Å². The lowest BCUT2D eigenvalue weighted by molar-refractivity contribution is 0.560. The third-order valence-corrected chi connectivity index (χ3v) is 5.83. The van der Waals surface area contributed by atoms with Crippen molar-refractivity contribution >= 4 is 26.7 Å². The molecule has 0 spiro atoms. The van der Waals surface area contributed by atoms with E-state index in [1.54, 1.807) is 6.07 Å². The topological polar surface area (TPSA) is 67.6 Å². The highest BCUT2D eigenvalue weighted by Gasteiger charge is 2.30. The molecule has 2 heterocycles. The molecule has 0 aliphatic carbocycles. The van der Waals surface area contributed by atoms with Crippen molar-refractivity contribution in [2.45, 2.75) is 11.3 Å². The van der Waals surface area contributed by atoms with Gasteiger partial charge in [0.2, 0.25) is 0 Å². The summed E-state index contributed by atoms with van der Waals surface area (Å²) in [6.07, 6.45) is 0.706. The van der Waals surface area contributed by atoms with Gasteiger partial charge >= 0.3 is 5.63 Å². The molecule has 116 valence electrons. The van der Waals surface area contributed by atoms with Gasteiger partial charge in [-0.2, -0.15) is 0 Å². The predicted molar refractivity (Wildman–Crippen MR) is 87.2 cm³/mol. The fourth-order valence-corrected chi connectivity index (χ4v) is 4.43. The van der Waals surface area contributed by atoms with Gasteiger partial charge in [-0.15, -0.1) is 0 Å². The van der Waals surface area contributed by atoms with E-state index in [0.29, 0.717) is 23.9 Å². The second kappa shape index (κ2) is 4.96. The molecule has 23 heavy (non-hydrogen) atoms. The van der Waals surface area contributed by atoms with Gasteiger partial charge in [-0.25, -0.2) is 13.2 Å². The summed E-state index contributed by atoms with van der Waals surface area (Å²) in [4.78, 5) is 11.4. The van der Waals surface area contributed by atoms with Crippen LogP contribution in [0.25, 0.3) is 11.0 Å². The summed E-state index contributed by atoms with van der Waals surface area (Å²) in [7, 11) is -3.64. The molecule has 0 bridgehead atoms. The number of hydrogen-bond acceptors (Lipinski definition) is 4. The van der Waals surface area contributed by atoms with Gasteiger partial charge < -0.3 is 4.42 Å². The number of benzene rings is 2. The Bertz CT molecular complexity index is 1070. The molecule has 0 atom stereocenters. The van der Waals surface area contributed by atoms with Crippen molar-refractivity contribution in [2.24, 2.45) is 0 Å². The fraction of sp³-hybridized carbons (Fsp3) is 0.118. The van der Waals surface area contributed by atoms with E-state index in [2.05, 4.69) is 0 Å². The van der Waals surface area contributed by atoms with Gasteiger partial charge in [0.15, 0.2) is 0 Å². The summed E-state index contributed by atoms with van der Waals surface area (Å²) < 4.78 is 32.4. The van der Waals surface area contributed by atoms with Crippen LogP contribution >= 0.6 is 0 Å². The predicted octanol–water partition coefficient (Wildman–Crippen LogP) is 2.54. The Hall–Kier alpha value is -2.60. The fourth-order valence-electron chi connectivity index (χ4n) is 2.90. The van der Waals surface area contributed by atoms with E-state index < -0.39 is 15.6 Å². The molecule has 2 aromatic carbocycles. The van der Waals surface area contributed by atoms with E-state index in [9.17, 15) is 13.2 Å². The molecule has 4 rings (SSSR count). The molecule has 6 heteroatoms. The van der Waals surface area contributed by atoms with E-state index >= 15 is 0 Å². The van der Waals surface area contributed by atoms with E-state index in [-0.39, 0.29) is 4.90 Å². The van der Waals surface area contributed by atoms with Crippen LogP contribution in [0.4, 0.5) is 5.69 Å². The Morgan fingerprint density at radius 1 is 1.00 bits per heavy atom. The SMILES string of the molecule is O=c1ccc2cc(S(=O)(=O)N3CCc4ccccc43)ccc2o1. The van der Waals surface area contributed by atoms with E-state index in [1.807, 2.05) is 24.3 Å². The molecule has 1 aliphatic heterocycles. The van der Waals surface area contributed by atoms with E-state index in [0.717, 1.165) is 11.3 Å². The third kappa shape index (κ3) is 2.22. The molecule has 5 nitrogen and oxygen atoms in total. The zero-order valence-electron chi connectivity index (χ0n) is 12.1. The average molecular weight is 327 g/mol. The molecular formula is C17H13NO4S. The monoisotopic (exact) mass is 327 g/mol. The number of fused-ring (bicyclic) bond motifs is 2. The molecule has 0 amide bonds. The lowest BCUT2D eigenvalue weighted by atomic mass is 10.2. The summed E-state index contributed by atoms with van der Waals surface area (Å²) in [5, 5.41) is 0.582. The summed E-state index contributed by atoms with van der Waals surface area (Å²) in [5.74, 6) is 0. The van der Waals surface area contributed by atoms with Crippen LogP contribution < -0.4 is 9.93 Å². The first-order valence-corrected chi connectivity index (χ1v) is 8.64. The van der Waals surface area contributed by atoms with Crippen LogP contribution in [0.5, 0.6) is 0 Å². The minimum atomic E-state index is -3.64. The molecule has 0 radical (unpaired) electrons. The van der Waals surface area contributed by atoms with Crippen molar-refractivity contribution in [1.29, 1.82) is 0 Å². The summed E-state index contributed by atoms with van der Waals surface area (Å²) in [6, 6.07) is 14.9. The van der Waals surface area contributed by atoms with Crippen LogP contribution in [-0.4, -0.2) is 15.0 Å². The van der Waals surface area contributed by atoms with Crippen molar-refractivity contribution < 1.29 is 12.8 Å². The molecule has 0 saturated carbocycles. The smallest absolute Gasteiger partial charge is 0.336 e. The van der Waals surface area contributed by atoms with Crippen LogP contribution in [0, 0.1) is 0 Å². The van der Waals surface area contributed by atoms with Gasteiger partial charge in [-0.05, 0) is 42.3 Å². The first-order chi connectivity index (χ1) is 11.1. The number of para-hydroxylation sites is 1. The van der Waals surface area contributed by atoms with E-state index in [1.165, 1.54) is 28.6 Å². The number of sulfonamides is 1. The number of anilines is 1. The van der Waals surface area contributed by atoms with Gasteiger partial charge in [0.05, 0.1) is 10.6 Å². The van der Waals surface area contributed by atoms with Gasteiger partial charge in [-0.1, -0.05) is 18.2 Å². The lowest BCUT2D eigenvalue weighted by Crippen LogP contribution is -2.29. The van der Waals surface area contributed by atoms with Crippen molar-refractivity contribution in [3.8, 4) is 0 Å². The Morgan fingerprint density at radius 3 is 2.70 bits per heavy atom. The molecule has 0 saturated heterocycles. The molecule has 1 aliphatic rings. The Kier molecular flexibility index (Phi) is 3.02. The normalized spacial score (nSPS) is 14.2. The van der Waals surface area contributed by atoms with Crippen LogP contribution in [0.15, 0.2) is 68.7 Å². The molecule has 3 aromatic rings. The number of hydrogen-bond donors (Lipinski definition) is 0. The largest absolute Gasteiger partial charge is 0.423 e. The zero-order valence-corrected chi connectivity index (χ0v) is 12.9. The standard InChI is InChI=1S/C17H13NO4S/c19-17-8-5-13-11-14(6-7-16(13)22-17)23(20,21)18-10-9-12-3-1-2-4-15(12)18/h1-8,11H,9-10H2. The maximum absolute atomic E-state index is 12.9. The zero-order chi connectivity index (χ0) is 16.0. The van der Waals surface area contributed by atoms with Crippen molar-refractivity contribution in [3.63, 3.8) is 0 Å². The summed E-state index contributed by atoms with van der Waals surface area (Å²) >= 11 is 0. The van der Waals surface area contributed by atoms with Gasteiger partial charge in [0.1, 0.15) is 5.58 Å². The maximum atomic E-state index is 12.9. The quantitative estimate of drug-likeness (QED) is 0.678. The molecule has 1 aromatic heterocycles. The van der Waals surface area contributed by atoms with Crippen molar-refractivity contribution in [2.75, 3.05) is 10.8 Å². The van der Waals surface area contributed by atoms with E-state index in [4.69, 9.17) is 4.42 Å². The second-order valence-electron chi connectivity index (χ2n) is 5.41. The highest BCUT2D eigenvalue weighted by Crippen LogP contribution is 2.33. The Labute approximate surface area is 132 Å². The van der Waals surface area contributed by atoms with Crippen LogP contribution in [0.3, 0.4) is 0 Å². The number of rotatable bonds is 2. The molecular weight excluding hydrogens is 314 g/mol. The third-order valence-electron chi connectivity index (χ3n) is 4.02. The molecule has 0 fully saturated rings. The average Bonchev–Trinajstić information content (AvgIpc) is 2.99. The maximum Gasteiger partial charge on any atom is 0.336 e.